The summed E-state index contributed by atoms with van der Waals surface area (Å²) in [7, 11) is 1.54. The maximum atomic E-state index is 14.2. The summed E-state index contributed by atoms with van der Waals surface area (Å²) < 4.78 is 8.70. The number of anilines is 3. The standard InChI is InChI=1S/C33H29ClN12O3/c1-49-27-14-23-18(15-38-42-23)12-25(27)41-33(48)28-29(43-46-10-3-8-37-31(28)46)21-17-44(11-6-22(21)35)26-5-4-19(34)13-24(26)40-32(47)20-16-39-45-9-2-7-36-30(20)45/h2-5,7-10,12-16,21-22H,6,11,17,35H2,1H3,(H,38,42)(H,40,47)(H,41,48). The van der Waals surface area contributed by atoms with E-state index in [2.05, 4.69) is 40.8 Å². The molecule has 0 spiro atoms. The highest BCUT2D eigenvalue weighted by molar-refractivity contribution is 6.31. The summed E-state index contributed by atoms with van der Waals surface area (Å²) in [5, 5.41) is 23.4. The average molecular weight is 677 g/mol. The number of aromatic amines is 1. The summed E-state index contributed by atoms with van der Waals surface area (Å²) in [4.78, 5) is 38.6. The molecule has 1 saturated heterocycles. The Labute approximate surface area is 283 Å². The van der Waals surface area contributed by atoms with Gasteiger partial charge in [-0.1, -0.05) is 11.6 Å². The Morgan fingerprint density at radius 1 is 1.00 bits per heavy atom. The minimum absolute atomic E-state index is 0.308. The Hall–Kier alpha value is -6.06. The number of methoxy groups -OCH3 is 1. The number of nitrogens with zero attached hydrogens (tertiary/aromatic N) is 8. The largest absolute Gasteiger partial charge is 0.494 e. The molecule has 2 amide bonds. The molecular weight excluding hydrogens is 648 g/mol. The van der Waals surface area contributed by atoms with Gasteiger partial charge in [-0.2, -0.15) is 15.3 Å². The fraction of sp³-hybridized carbons (Fsp3) is 0.182. The van der Waals surface area contributed by atoms with Gasteiger partial charge in [0.15, 0.2) is 11.3 Å². The second kappa shape index (κ2) is 12.2. The number of nitrogens with one attached hydrogen (secondary N) is 3. The Kier molecular flexibility index (Phi) is 7.53. The summed E-state index contributed by atoms with van der Waals surface area (Å²) in [6, 6.07) is 12.1. The number of nitrogens with two attached hydrogens (primary N) is 1. The summed E-state index contributed by atoms with van der Waals surface area (Å²) in [6.07, 6.45) is 10.4. The number of piperidine rings is 1. The zero-order valence-corrected chi connectivity index (χ0v) is 26.8. The molecule has 49 heavy (non-hydrogen) atoms. The van der Waals surface area contributed by atoms with Crippen molar-refractivity contribution in [3.05, 3.63) is 101 Å². The number of benzene rings is 2. The number of amides is 2. The lowest BCUT2D eigenvalue weighted by atomic mass is 9.87. The number of carbonyl (C=O) groups excluding carboxylic acids is 2. The van der Waals surface area contributed by atoms with Gasteiger partial charge in [-0.15, -0.1) is 0 Å². The van der Waals surface area contributed by atoms with Gasteiger partial charge in [0.05, 0.1) is 47.8 Å². The van der Waals surface area contributed by atoms with Crippen LogP contribution in [0.3, 0.4) is 0 Å². The minimum Gasteiger partial charge on any atom is -0.494 e. The fourth-order valence-corrected chi connectivity index (χ4v) is 6.52. The van der Waals surface area contributed by atoms with Crippen LogP contribution in [0.5, 0.6) is 5.75 Å². The number of H-pyrrole nitrogens is 1. The first-order valence-electron chi connectivity index (χ1n) is 15.4. The van der Waals surface area contributed by atoms with E-state index in [1.165, 1.54) is 17.8 Å². The van der Waals surface area contributed by atoms with Gasteiger partial charge in [0, 0.05) is 66.3 Å². The molecule has 2 atom stereocenters. The smallest absolute Gasteiger partial charge is 0.261 e. The van der Waals surface area contributed by atoms with Crippen molar-refractivity contribution in [1.29, 1.82) is 0 Å². The van der Waals surface area contributed by atoms with E-state index in [-0.39, 0.29) is 17.9 Å². The third kappa shape index (κ3) is 5.44. The van der Waals surface area contributed by atoms with Crippen molar-refractivity contribution in [2.24, 2.45) is 5.73 Å². The monoisotopic (exact) mass is 676 g/mol. The van der Waals surface area contributed by atoms with Crippen molar-refractivity contribution in [2.75, 3.05) is 35.7 Å². The van der Waals surface area contributed by atoms with Gasteiger partial charge in [-0.3, -0.25) is 14.7 Å². The van der Waals surface area contributed by atoms with Crippen LogP contribution in [-0.4, -0.2) is 77.4 Å². The van der Waals surface area contributed by atoms with Gasteiger partial charge >= 0.3 is 0 Å². The van der Waals surface area contributed by atoms with Crippen molar-refractivity contribution < 1.29 is 14.3 Å². The number of fused-ring (bicyclic) bond motifs is 3. The third-order valence-corrected chi connectivity index (χ3v) is 8.98. The number of rotatable bonds is 7. The summed E-state index contributed by atoms with van der Waals surface area (Å²) in [5.41, 5.74) is 11.2. The van der Waals surface area contributed by atoms with Crippen LogP contribution < -0.4 is 26.0 Å². The lowest BCUT2D eigenvalue weighted by Crippen LogP contribution is -2.46. The molecule has 1 aliphatic rings. The average Bonchev–Trinajstić information content (AvgIpc) is 3.85. The van der Waals surface area contributed by atoms with Crippen LogP contribution in [-0.2, 0) is 0 Å². The molecule has 8 rings (SSSR count). The van der Waals surface area contributed by atoms with E-state index in [0.29, 0.717) is 69.8 Å². The SMILES string of the molecule is COc1cc2[nH]ncc2cc1NC(=O)c1c(C2CN(c3ccc(Cl)cc3NC(=O)c3cnn4cccnc34)CCC2N)nn2cccnc12. The van der Waals surface area contributed by atoms with Crippen LogP contribution in [0.15, 0.2) is 79.6 Å². The summed E-state index contributed by atoms with van der Waals surface area (Å²) in [6.45, 7) is 0.994. The molecule has 16 heteroatoms. The Balaban J connectivity index is 1.13. The molecule has 6 heterocycles. The molecule has 5 aromatic heterocycles. The topological polar surface area (TPSA) is 186 Å². The van der Waals surface area contributed by atoms with Crippen molar-refractivity contribution >= 4 is 62.7 Å². The fourth-order valence-electron chi connectivity index (χ4n) is 6.34. The van der Waals surface area contributed by atoms with Gasteiger partial charge in [-0.25, -0.2) is 19.0 Å². The molecule has 2 unspecified atom stereocenters. The van der Waals surface area contributed by atoms with E-state index in [4.69, 9.17) is 27.2 Å². The number of hydrogen-bond acceptors (Lipinski definition) is 10. The zero-order chi connectivity index (χ0) is 33.6. The summed E-state index contributed by atoms with van der Waals surface area (Å²) in [5.74, 6) is -0.695. The van der Waals surface area contributed by atoms with Crippen LogP contribution in [0.25, 0.3) is 22.2 Å². The van der Waals surface area contributed by atoms with E-state index in [9.17, 15) is 9.59 Å². The highest BCUT2D eigenvalue weighted by atomic mass is 35.5. The number of hydrogen-bond donors (Lipinski definition) is 4. The molecule has 0 radical (unpaired) electrons. The lowest BCUT2D eigenvalue weighted by Gasteiger charge is -2.38. The highest BCUT2D eigenvalue weighted by Crippen LogP contribution is 2.37. The van der Waals surface area contributed by atoms with E-state index >= 15 is 0 Å². The van der Waals surface area contributed by atoms with Crippen LogP contribution in [0.4, 0.5) is 17.1 Å². The molecule has 1 fully saturated rings. The Morgan fingerprint density at radius 2 is 1.80 bits per heavy atom. The minimum atomic E-state index is -0.407. The number of ether oxygens (including phenoxy) is 1. The van der Waals surface area contributed by atoms with Crippen molar-refractivity contribution in [3.63, 3.8) is 0 Å². The maximum absolute atomic E-state index is 14.2. The van der Waals surface area contributed by atoms with Gasteiger partial charge < -0.3 is 26.0 Å². The molecule has 2 aromatic carbocycles. The quantitative estimate of drug-likeness (QED) is 0.191. The Morgan fingerprint density at radius 3 is 2.63 bits per heavy atom. The molecular formula is C33H29ClN12O3. The van der Waals surface area contributed by atoms with Crippen molar-refractivity contribution in [1.82, 2.24) is 39.4 Å². The molecule has 0 bridgehead atoms. The van der Waals surface area contributed by atoms with Crippen LogP contribution in [0.1, 0.15) is 38.7 Å². The molecule has 15 nitrogen and oxygen atoms in total. The van der Waals surface area contributed by atoms with Crippen LogP contribution >= 0.6 is 11.6 Å². The molecule has 0 aliphatic carbocycles. The van der Waals surface area contributed by atoms with Crippen molar-refractivity contribution in [3.8, 4) is 5.75 Å². The number of aromatic nitrogens is 8. The maximum Gasteiger partial charge on any atom is 0.261 e. The van der Waals surface area contributed by atoms with E-state index in [0.717, 1.165) is 16.6 Å². The van der Waals surface area contributed by atoms with E-state index in [1.807, 2.05) is 6.07 Å². The number of carbonyl (C=O) groups is 2. The van der Waals surface area contributed by atoms with E-state index < -0.39 is 5.91 Å². The lowest BCUT2D eigenvalue weighted by molar-refractivity contribution is 0.101. The molecule has 1 aliphatic heterocycles. The van der Waals surface area contributed by atoms with Gasteiger partial charge in [0.25, 0.3) is 11.8 Å². The van der Waals surface area contributed by atoms with Gasteiger partial charge in [0.1, 0.15) is 16.9 Å². The van der Waals surface area contributed by atoms with E-state index in [1.54, 1.807) is 71.9 Å². The van der Waals surface area contributed by atoms with Crippen molar-refractivity contribution in [2.45, 2.75) is 18.4 Å². The molecule has 7 aromatic rings. The first-order chi connectivity index (χ1) is 23.9. The molecule has 0 saturated carbocycles. The van der Waals surface area contributed by atoms with Crippen LogP contribution in [0.2, 0.25) is 5.02 Å². The van der Waals surface area contributed by atoms with Gasteiger partial charge in [-0.05, 0) is 42.8 Å². The zero-order valence-electron chi connectivity index (χ0n) is 26.0. The normalized spacial score (nSPS) is 16.3. The second-order valence-corrected chi connectivity index (χ2v) is 12.1. The predicted octanol–water partition coefficient (Wildman–Crippen LogP) is 4.14. The first-order valence-corrected chi connectivity index (χ1v) is 15.8. The summed E-state index contributed by atoms with van der Waals surface area (Å²) >= 11 is 6.42. The van der Waals surface area contributed by atoms with Gasteiger partial charge in [0.2, 0.25) is 0 Å². The third-order valence-electron chi connectivity index (χ3n) is 8.75. The highest BCUT2D eigenvalue weighted by Gasteiger charge is 2.36. The predicted molar refractivity (Wildman–Crippen MR) is 184 cm³/mol. The Bertz CT molecular complexity index is 2380. The molecule has 5 N–H and O–H groups in total. The number of halogens is 1. The van der Waals surface area contributed by atoms with Crippen LogP contribution in [0, 0.1) is 0 Å². The first kappa shape index (κ1) is 30.3. The second-order valence-electron chi connectivity index (χ2n) is 11.7. The molecule has 246 valence electrons.